The van der Waals surface area contributed by atoms with Crippen LogP contribution < -0.4 is 0 Å². The van der Waals surface area contributed by atoms with E-state index in [0.717, 1.165) is 5.56 Å². The number of rotatable bonds is 6. The highest BCUT2D eigenvalue weighted by molar-refractivity contribution is 5.13. The summed E-state index contributed by atoms with van der Waals surface area (Å²) in [6, 6.07) is 9.71. The highest BCUT2D eigenvalue weighted by atomic mass is 16.7. The second-order valence-electron chi connectivity index (χ2n) is 4.81. The molecule has 1 aromatic carbocycles. The Bertz CT molecular complexity index is 478. The smallest absolute Gasteiger partial charge is 0.160 e. The second-order valence-corrected chi connectivity index (χ2v) is 4.81. The van der Waals surface area contributed by atoms with Crippen LogP contribution in [-0.4, -0.2) is 43.4 Å². The van der Waals surface area contributed by atoms with E-state index in [1.807, 2.05) is 30.3 Å². The van der Waals surface area contributed by atoms with Crippen molar-refractivity contribution in [1.29, 1.82) is 0 Å². The Hall–Kier alpha value is -1.63. The summed E-state index contributed by atoms with van der Waals surface area (Å²) in [5.41, 5.74) is 9.41. The third kappa shape index (κ3) is 4.42. The summed E-state index contributed by atoms with van der Waals surface area (Å²) in [7, 11) is 1.53. The van der Waals surface area contributed by atoms with E-state index in [4.69, 9.17) is 19.7 Å². The molecule has 0 saturated carbocycles. The van der Waals surface area contributed by atoms with Gasteiger partial charge >= 0.3 is 0 Å². The van der Waals surface area contributed by atoms with Crippen LogP contribution in [0.5, 0.6) is 0 Å². The zero-order valence-electron chi connectivity index (χ0n) is 11.8. The monoisotopic (exact) mass is 293 g/mol. The van der Waals surface area contributed by atoms with Crippen LogP contribution in [0.1, 0.15) is 12.0 Å². The highest BCUT2D eigenvalue weighted by Gasteiger charge is 2.38. The van der Waals surface area contributed by atoms with E-state index in [9.17, 15) is 5.11 Å². The lowest BCUT2D eigenvalue weighted by atomic mass is 10.0. The summed E-state index contributed by atoms with van der Waals surface area (Å²) in [5.74, 6) is 0. The Morgan fingerprint density at radius 3 is 2.86 bits per heavy atom. The minimum atomic E-state index is -0.856. The van der Waals surface area contributed by atoms with Crippen LogP contribution in [0, 0.1) is 0 Å². The number of ether oxygens (including phenoxy) is 3. The highest BCUT2D eigenvalue weighted by Crippen LogP contribution is 2.24. The molecule has 0 unspecified atom stereocenters. The molecule has 0 spiro atoms. The maximum Gasteiger partial charge on any atom is 0.160 e. The van der Waals surface area contributed by atoms with Crippen molar-refractivity contribution < 1.29 is 19.3 Å². The van der Waals surface area contributed by atoms with Gasteiger partial charge in [0.2, 0.25) is 0 Å². The van der Waals surface area contributed by atoms with Crippen molar-refractivity contribution in [2.45, 2.75) is 37.6 Å². The molecule has 0 bridgehead atoms. The Balaban J connectivity index is 1.97. The fourth-order valence-corrected chi connectivity index (χ4v) is 2.26. The van der Waals surface area contributed by atoms with Gasteiger partial charge in [-0.15, -0.1) is 0 Å². The molecule has 1 saturated heterocycles. The number of aliphatic hydroxyl groups excluding tert-OH is 1. The van der Waals surface area contributed by atoms with Gasteiger partial charge in [-0.25, -0.2) is 0 Å². The van der Waals surface area contributed by atoms with E-state index in [0.29, 0.717) is 13.0 Å². The Morgan fingerprint density at radius 2 is 2.19 bits per heavy atom. The van der Waals surface area contributed by atoms with Gasteiger partial charge < -0.3 is 19.3 Å². The minimum absolute atomic E-state index is 0.0444. The Labute approximate surface area is 123 Å². The van der Waals surface area contributed by atoms with Crippen molar-refractivity contribution in [2.75, 3.05) is 13.7 Å². The minimum Gasteiger partial charge on any atom is -0.388 e. The molecular weight excluding hydrogens is 274 g/mol. The van der Waals surface area contributed by atoms with Crippen molar-refractivity contribution in [2.24, 2.45) is 5.11 Å². The number of azide groups is 1. The quantitative estimate of drug-likeness (QED) is 0.493. The average molecular weight is 293 g/mol. The van der Waals surface area contributed by atoms with Gasteiger partial charge in [-0.05, 0) is 11.1 Å². The number of nitrogens with zero attached hydrogens (tertiary/aromatic N) is 3. The molecule has 2 rings (SSSR count). The van der Waals surface area contributed by atoms with Gasteiger partial charge in [-0.1, -0.05) is 35.4 Å². The standard InChI is InChI=1S/C14H19N3O4/c1-19-13-7-11(14(18)12(21-13)8-16-17-15)20-9-10-5-3-2-4-6-10/h2-6,11-14,18H,7-9H2,1H3/t11-,12-,13+,14-/m1/s1. The molecule has 1 fully saturated rings. The summed E-state index contributed by atoms with van der Waals surface area (Å²) >= 11 is 0. The zero-order chi connectivity index (χ0) is 15.1. The predicted octanol–water partition coefficient (Wildman–Crippen LogP) is 2.00. The molecule has 114 valence electrons. The maximum absolute atomic E-state index is 10.3. The van der Waals surface area contributed by atoms with Crippen molar-refractivity contribution in [3.05, 3.63) is 46.3 Å². The molecule has 0 aliphatic carbocycles. The second kappa shape index (κ2) is 7.97. The first kappa shape index (κ1) is 15.8. The first-order valence-corrected chi connectivity index (χ1v) is 6.77. The van der Waals surface area contributed by atoms with Gasteiger partial charge in [-0.3, -0.25) is 0 Å². The molecule has 1 heterocycles. The van der Waals surface area contributed by atoms with E-state index in [2.05, 4.69) is 10.0 Å². The van der Waals surface area contributed by atoms with Crippen molar-refractivity contribution in [3.63, 3.8) is 0 Å². The van der Waals surface area contributed by atoms with Crippen LogP contribution >= 0.6 is 0 Å². The fourth-order valence-electron chi connectivity index (χ4n) is 2.26. The van der Waals surface area contributed by atoms with Crippen LogP contribution in [0.25, 0.3) is 10.4 Å². The summed E-state index contributed by atoms with van der Waals surface area (Å²) < 4.78 is 16.5. The van der Waals surface area contributed by atoms with E-state index in [-0.39, 0.29) is 6.54 Å². The van der Waals surface area contributed by atoms with Crippen molar-refractivity contribution >= 4 is 0 Å². The molecular formula is C14H19N3O4. The largest absolute Gasteiger partial charge is 0.388 e. The van der Waals surface area contributed by atoms with Crippen LogP contribution in [-0.2, 0) is 20.8 Å². The molecule has 0 aromatic heterocycles. The number of hydrogen-bond acceptors (Lipinski definition) is 5. The molecule has 7 nitrogen and oxygen atoms in total. The average Bonchev–Trinajstić information content (AvgIpc) is 2.53. The summed E-state index contributed by atoms with van der Waals surface area (Å²) in [6.45, 7) is 0.440. The molecule has 0 radical (unpaired) electrons. The van der Waals surface area contributed by atoms with Crippen LogP contribution in [0.2, 0.25) is 0 Å². The van der Waals surface area contributed by atoms with Gasteiger partial charge in [0.1, 0.15) is 6.10 Å². The number of methoxy groups -OCH3 is 1. The molecule has 21 heavy (non-hydrogen) atoms. The molecule has 7 heteroatoms. The molecule has 1 N–H and O–H groups in total. The van der Waals surface area contributed by atoms with Crippen LogP contribution in [0.4, 0.5) is 0 Å². The third-order valence-corrected chi connectivity index (χ3v) is 3.41. The van der Waals surface area contributed by atoms with E-state index < -0.39 is 24.6 Å². The van der Waals surface area contributed by atoms with E-state index >= 15 is 0 Å². The Morgan fingerprint density at radius 1 is 1.43 bits per heavy atom. The van der Waals surface area contributed by atoms with Crippen molar-refractivity contribution in [3.8, 4) is 0 Å². The van der Waals surface area contributed by atoms with Crippen LogP contribution in [0.15, 0.2) is 35.4 Å². The molecule has 4 atom stereocenters. The number of benzene rings is 1. The summed E-state index contributed by atoms with van der Waals surface area (Å²) in [6.07, 6.45) is -1.96. The molecule has 1 aliphatic heterocycles. The van der Waals surface area contributed by atoms with Gasteiger partial charge in [-0.2, -0.15) is 0 Å². The third-order valence-electron chi connectivity index (χ3n) is 3.41. The SMILES string of the molecule is CO[C@@H]1C[C@@H](OCc2ccccc2)[C@@H](O)[C@@H](CN=[N+]=[N-])O1. The van der Waals surface area contributed by atoms with Crippen molar-refractivity contribution in [1.82, 2.24) is 0 Å². The first-order chi connectivity index (χ1) is 10.2. The number of aliphatic hydroxyl groups is 1. The number of hydrogen-bond donors (Lipinski definition) is 1. The summed E-state index contributed by atoms with van der Waals surface area (Å²) in [4.78, 5) is 2.69. The van der Waals surface area contributed by atoms with E-state index in [1.54, 1.807) is 0 Å². The predicted molar refractivity (Wildman–Crippen MR) is 75.3 cm³/mol. The van der Waals surface area contributed by atoms with Gasteiger partial charge in [0.25, 0.3) is 0 Å². The van der Waals surface area contributed by atoms with E-state index in [1.165, 1.54) is 7.11 Å². The molecule has 1 aromatic rings. The topological polar surface area (TPSA) is 96.7 Å². The zero-order valence-corrected chi connectivity index (χ0v) is 11.8. The normalized spacial score (nSPS) is 28.9. The lowest BCUT2D eigenvalue weighted by Crippen LogP contribution is -2.51. The van der Waals surface area contributed by atoms with Gasteiger partial charge in [0, 0.05) is 18.4 Å². The fraction of sp³-hybridized carbons (Fsp3) is 0.571. The lowest BCUT2D eigenvalue weighted by molar-refractivity contribution is -0.249. The maximum atomic E-state index is 10.3. The van der Waals surface area contributed by atoms with Gasteiger partial charge in [0.05, 0.1) is 25.4 Å². The molecule has 0 amide bonds. The summed E-state index contributed by atoms with van der Waals surface area (Å²) in [5, 5.41) is 13.7. The first-order valence-electron chi connectivity index (χ1n) is 6.77. The van der Waals surface area contributed by atoms with Gasteiger partial charge in [0.15, 0.2) is 6.29 Å². The molecule has 1 aliphatic rings. The lowest BCUT2D eigenvalue weighted by Gasteiger charge is -2.38. The van der Waals surface area contributed by atoms with Crippen LogP contribution in [0.3, 0.4) is 0 Å². The Kier molecular flexibility index (Phi) is 5.98.